The zero-order chi connectivity index (χ0) is 15.9. The highest BCUT2D eigenvalue weighted by Crippen LogP contribution is 2.19. The van der Waals surface area contributed by atoms with Gasteiger partial charge in [0.05, 0.1) is 0 Å². The van der Waals surface area contributed by atoms with Gasteiger partial charge in [-0.2, -0.15) is 0 Å². The predicted octanol–water partition coefficient (Wildman–Crippen LogP) is 3.85. The summed E-state index contributed by atoms with van der Waals surface area (Å²) in [6.07, 6.45) is 7.30. The molecule has 1 aliphatic carbocycles. The molecule has 4 nitrogen and oxygen atoms in total. The molecule has 0 radical (unpaired) electrons. The van der Waals surface area contributed by atoms with Crippen LogP contribution in [0.3, 0.4) is 0 Å². The Morgan fingerprint density at radius 1 is 1.19 bits per heavy atom. The molecular weight excluding hydrogens is 264 g/mol. The molecule has 1 amide bonds. The molecular formula is C17H34N2O2. The molecule has 0 aromatic carbocycles. The van der Waals surface area contributed by atoms with Gasteiger partial charge in [-0.25, -0.2) is 4.79 Å². The number of alkyl carbamates (subject to hydrolysis) is 1. The Bertz CT molecular complexity index is 304. The van der Waals surface area contributed by atoms with Crippen molar-refractivity contribution in [2.45, 2.75) is 90.8 Å². The maximum absolute atomic E-state index is 11.8. The number of nitrogens with one attached hydrogen (secondary N) is 2. The van der Waals surface area contributed by atoms with Gasteiger partial charge < -0.3 is 15.4 Å². The fourth-order valence-corrected chi connectivity index (χ4v) is 2.90. The Labute approximate surface area is 130 Å². The van der Waals surface area contributed by atoms with Crippen LogP contribution in [0.25, 0.3) is 0 Å². The largest absolute Gasteiger partial charge is 0.444 e. The standard InChI is InChI=1S/C17H34N2O2/c1-13(2)11-15(19-14-9-7-6-8-10-14)12-18-16(20)21-17(3,4)5/h13-15,19H,6-12H2,1-5H3,(H,18,20). The Kier molecular flexibility index (Phi) is 7.50. The minimum absolute atomic E-state index is 0.318. The van der Waals surface area contributed by atoms with E-state index >= 15 is 0 Å². The topological polar surface area (TPSA) is 50.4 Å². The van der Waals surface area contributed by atoms with E-state index in [4.69, 9.17) is 4.74 Å². The van der Waals surface area contributed by atoms with E-state index < -0.39 is 5.60 Å². The van der Waals surface area contributed by atoms with Crippen LogP contribution in [0.15, 0.2) is 0 Å². The average molecular weight is 298 g/mol. The normalized spacial score (nSPS) is 18.6. The second kappa shape index (κ2) is 8.62. The molecule has 21 heavy (non-hydrogen) atoms. The molecule has 0 aromatic rings. The Hall–Kier alpha value is -0.770. The zero-order valence-electron chi connectivity index (χ0n) is 14.5. The summed E-state index contributed by atoms with van der Waals surface area (Å²) < 4.78 is 5.31. The van der Waals surface area contributed by atoms with E-state index in [0.717, 1.165) is 6.42 Å². The van der Waals surface area contributed by atoms with Crippen molar-refractivity contribution in [1.82, 2.24) is 10.6 Å². The highest BCUT2D eigenvalue weighted by molar-refractivity contribution is 5.67. The van der Waals surface area contributed by atoms with Crippen molar-refractivity contribution < 1.29 is 9.53 Å². The van der Waals surface area contributed by atoms with Gasteiger partial charge in [-0.05, 0) is 46.0 Å². The van der Waals surface area contributed by atoms with Crippen molar-refractivity contribution in [3.8, 4) is 0 Å². The predicted molar refractivity (Wildman–Crippen MR) is 87.5 cm³/mol. The molecule has 1 unspecified atom stereocenters. The first-order valence-electron chi connectivity index (χ1n) is 8.49. The second-order valence-corrected chi connectivity index (χ2v) is 7.71. The first kappa shape index (κ1) is 18.3. The number of ether oxygens (including phenoxy) is 1. The Balaban J connectivity index is 2.40. The van der Waals surface area contributed by atoms with Gasteiger partial charge in [0, 0.05) is 18.6 Å². The molecule has 0 bridgehead atoms. The van der Waals surface area contributed by atoms with Crippen molar-refractivity contribution in [3.63, 3.8) is 0 Å². The first-order chi connectivity index (χ1) is 9.76. The van der Waals surface area contributed by atoms with Crippen molar-refractivity contribution in [2.75, 3.05) is 6.54 Å². The highest BCUT2D eigenvalue weighted by Gasteiger charge is 2.21. The second-order valence-electron chi connectivity index (χ2n) is 7.71. The molecule has 4 heteroatoms. The molecule has 0 aromatic heterocycles. The van der Waals surface area contributed by atoms with Crippen LogP contribution in [-0.2, 0) is 4.74 Å². The average Bonchev–Trinajstić information content (AvgIpc) is 2.34. The van der Waals surface area contributed by atoms with Gasteiger partial charge in [-0.15, -0.1) is 0 Å². The summed E-state index contributed by atoms with van der Waals surface area (Å²) in [6, 6.07) is 0.948. The number of rotatable bonds is 6. The van der Waals surface area contributed by atoms with Crippen molar-refractivity contribution in [1.29, 1.82) is 0 Å². The van der Waals surface area contributed by atoms with Gasteiger partial charge in [0.1, 0.15) is 5.60 Å². The lowest BCUT2D eigenvalue weighted by Gasteiger charge is -2.30. The van der Waals surface area contributed by atoms with E-state index in [1.807, 2.05) is 20.8 Å². The van der Waals surface area contributed by atoms with E-state index in [9.17, 15) is 4.79 Å². The van der Waals surface area contributed by atoms with Gasteiger partial charge in [0.15, 0.2) is 0 Å². The van der Waals surface area contributed by atoms with Crippen LogP contribution in [0.4, 0.5) is 4.79 Å². The Morgan fingerprint density at radius 2 is 1.81 bits per heavy atom. The number of hydrogen-bond acceptors (Lipinski definition) is 3. The van der Waals surface area contributed by atoms with Gasteiger partial charge in [0.25, 0.3) is 0 Å². The number of amides is 1. The first-order valence-corrected chi connectivity index (χ1v) is 8.49. The van der Waals surface area contributed by atoms with Crippen molar-refractivity contribution >= 4 is 6.09 Å². The maximum atomic E-state index is 11.8. The van der Waals surface area contributed by atoms with Crippen LogP contribution in [0.1, 0.15) is 73.1 Å². The summed E-state index contributed by atoms with van der Waals surface area (Å²) in [5.41, 5.74) is -0.436. The lowest BCUT2D eigenvalue weighted by Crippen LogP contribution is -2.47. The summed E-state index contributed by atoms with van der Waals surface area (Å²) in [4.78, 5) is 11.8. The van der Waals surface area contributed by atoms with Crippen LogP contribution in [0, 0.1) is 5.92 Å². The van der Waals surface area contributed by atoms with Crippen molar-refractivity contribution in [3.05, 3.63) is 0 Å². The molecule has 1 atom stereocenters. The van der Waals surface area contributed by atoms with E-state index in [-0.39, 0.29) is 6.09 Å². The minimum Gasteiger partial charge on any atom is -0.444 e. The Morgan fingerprint density at radius 3 is 2.33 bits per heavy atom. The summed E-state index contributed by atoms with van der Waals surface area (Å²) >= 11 is 0. The molecule has 2 N–H and O–H groups in total. The van der Waals surface area contributed by atoms with Gasteiger partial charge in [-0.1, -0.05) is 33.1 Å². The smallest absolute Gasteiger partial charge is 0.407 e. The fourth-order valence-electron chi connectivity index (χ4n) is 2.90. The molecule has 1 aliphatic rings. The van der Waals surface area contributed by atoms with E-state index in [1.165, 1.54) is 32.1 Å². The molecule has 0 aliphatic heterocycles. The van der Waals surface area contributed by atoms with Crippen LogP contribution < -0.4 is 10.6 Å². The lowest BCUT2D eigenvalue weighted by atomic mass is 9.93. The van der Waals surface area contributed by atoms with Crippen LogP contribution in [0.2, 0.25) is 0 Å². The minimum atomic E-state index is -0.436. The third kappa shape index (κ3) is 8.97. The highest BCUT2D eigenvalue weighted by atomic mass is 16.6. The van der Waals surface area contributed by atoms with Gasteiger partial charge in [-0.3, -0.25) is 0 Å². The number of hydrogen-bond donors (Lipinski definition) is 2. The molecule has 1 fully saturated rings. The maximum Gasteiger partial charge on any atom is 0.407 e. The molecule has 124 valence electrons. The van der Waals surface area contributed by atoms with Gasteiger partial charge >= 0.3 is 6.09 Å². The number of carbonyl (C=O) groups excluding carboxylic acids is 1. The third-order valence-electron chi connectivity index (χ3n) is 3.72. The van der Waals surface area contributed by atoms with Gasteiger partial charge in [0.2, 0.25) is 0 Å². The molecule has 0 spiro atoms. The van der Waals surface area contributed by atoms with Crippen LogP contribution in [0.5, 0.6) is 0 Å². The molecule has 0 saturated heterocycles. The SMILES string of the molecule is CC(C)CC(CNC(=O)OC(C)(C)C)NC1CCCCC1. The van der Waals surface area contributed by atoms with Crippen LogP contribution >= 0.6 is 0 Å². The summed E-state index contributed by atoms with van der Waals surface area (Å²) in [7, 11) is 0. The van der Waals surface area contributed by atoms with E-state index in [2.05, 4.69) is 24.5 Å². The van der Waals surface area contributed by atoms with Crippen LogP contribution in [-0.4, -0.2) is 30.3 Å². The van der Waals surface area contributed by atoms with E-state index in [0.29, 0.717) is 24.5 Å². The summed E-state index contributed by atoms with van der Waals surface area (Å²) in [5, 5.41) is 6.65. The van der Waals surface area contributed by atoms with Crippen molar-refractivity contribution in [2.24, 2.45) is 5.92 Å². The monoisotopic (exact) mass is 298 g/mol. The third-order valence-corrected chi connectivity index (χ3v) is 3.72. The van der Waals surface area contributed by atoms with E-state index in [1.54, 1.807) is 0 Å². The molecule has 1 rings (SSSR count). The lowest BCUT2D eigenvalue weighted by molar-refractivity contribution is 0.0519. The number of carbonyl (C=O) groups is 1. The zero-order valence-corrected chi connectivity index (χ0v) is 14.5. The summed E-state index contributed by atoms with van der Waals surface area (Å²) in [5.74, 6) is 0.617. The quantitative estimate of drug-likeness (QED) is 0.783. The summed E-state index contributed by atoms with van der Waals surface area (Å²) in [6.45, 7) is 10.8. The molecule has 1 saturated carbocycles. The fraction of sp³-hybridized carbons (Fsp3) is 0.941. The molecule has 0 heterocycles.